The quantitative estimate of drug-likeness (QED) is 0.882. The molecule has 6 heteroatoms. The molecule has 1 aliphatic heterocycles. The van der Waals surface area contributed by atoms with Crippen molar-refractivity contribution in [2.24, 2.45) is 0 Å². The second-order valence-electron chi connectivity index (χ2n) is 4.55. The lowest BCUT2D eigenvalue weighted by Crippen LogP contribution is -2.46. The molecule has 0 aliphatic carbocycles. The van der Waals surface area contributed by atoms with E-state index in [9.17, 15) is 4.79 Å². The van der Waals surface area contributed by atoms with Crippen molar-refractivity contribution >= 4 is 17.2 Å². The van der Waals surface area contributed by atoms with Crippen molar-refractivity contribution in [2.45, 2.75) is 19.9 Å². The molecule has 0 aromatic carbocycles. The van der Waals surface area contributed by atoms with Gasteiger partial charge in [0.2, 0.25) is 0 Å². The third kappa shape index (κ3) is 3.51. The lowest BCUT2D eigenvalue weighted by molar-refractivity contribution is 0.0342. The molecule has 1 atom stereocenters. The Morgan fingerprint density at radius 1 is 1.61 bits per heavy atom. The molecular weight excluding hydrogens is 250 g/mol. The molecule has 1 N–H and O–H groups in total. The number of thiazole rings is 1. The number of carbonyl (C=O) groups excluding carboxylic acids is 1. The fourth-order valence-electron chi connectivity index (χ4n) is 2.03. The van der Waals surface area contributed by atoms with Crippen molar-refractivity contribution in [1.29, 1.82) is 0 Å². The van der Waals surface area contributed by atoms with Gasteiger partial charge in [0, 0.05) is 25.7 Å². The van der Waals surface area contributed by atoms with E-state index in [0.29, 0.717) is 4.88 Å². The Morgan fingerprint density at radius 3 is 2.94 bits per heavy atom. The predicted octanol–water partition coefficient (Wildman–Crippen LogP) is 0.902. The maximum Gasteiger partial charge on any atom is 0.263 e. The topological polar surface area (TPSA) is 54.5 Å². The van der Waals surface area contributed by atoms with Gasteiger partial charge in [0.15, 0.2) is 0 Å². The standard InChI is InChI=1S/C12H19N3O2S/c1-9(7-15-3-5-17-6-4-15)14-12(16)11-10(2)13-8-18-11/h8-9H,3-7H2,1-2H3,(H,14,16)/t9-/m1/s1. The maximum absolute atomic E-state index is 12.0. The second-order valence-corrected chi connectivity index (χ2v) is 5.41. The van der Waals surface area contributed by atoms with Gasteiger partial charge in [-0.25, -0.2) is 4.98 Å². The number of hydrogen-bond acceptors (Lipinski definition) is 5. The van der Waals surface area contributed by atoms with Crippen LogP contribution in [-0.2, 0) is 4.74 Å². The second kappa shape index (κ2) is 6.26. The van der Waals surface area contributed by atoms with Gasteiger partial charge in [-0.1, -0.05) is 0 Å². The van der Waals surface area contributed by atoms with E-state index in [1.54, 1.807) is 5.51 Å². The normalized spacial score (nSPS) is 18.6. The van der Waals surface area contributed by atoms with Crippen LogP contribution in [0.15, 0.2) is 5.51 Å². The molecule has 0 bridgehead atoms. The summed E-state index contributed by atoms with van der Waals surface area (Å²) in [7, 11) is 0. The van der Waals surface area contributed by atoms with E-state index >= 15 is 0 Å². The zero-order valence-corrected chi connectivity index (χ0v) is 11.6. The van der Waals surface area contributed by atoms with Gasteiger partial charge >= 0.3 is 0 Å². The zero-order valence-electron chi connectivity index (χ0n) is 10.8. The molecule has 0 saturated carbocycles. The van der Waals surface area contributed by atoms with Crippen LogP contribution in [0.1, 0.15) is 22.3 Å². The fourth-order valence-corrected chi connectivity index (χ4v) is 2.73. The van der Waals surface area contributed by atoms with Crippen LogP contribution in [0.2, 0.25) is 0 Å². The van der Waals surface area contributed by atoms with Crippen molar-refractivity contribution in [3.05, 3.63) is 16.1 Å². The van der Waals surface area contributed by atoms with Crippen molar-refractivity contribution < 1.29 is 9.53 Å². The highest BCUT2D eigenvalue weighted by Gasteiger charge is 2.17. The molecule has 1 amide bonds. The number of aryl methyl sites for hydroxylation is 1. The molecular formula is C12H19N3O2S. The van der Waals surface area contributed by atoms with Crippen molar-refractivity contribution in [1.82, 2.24) is 15.2 Å². The van der Waals surface area contributed by atoms with Crippen LogP contribution >= 0.6 is 11.3 Å². The fraction of sp³-hybridized carbons (Fsp3) is 0.667. The van der Waals surface area contributed by atoms with Gasteiger partial charge in [0.25, 0.3) is 5.91 Å². The van der Waals surface area contributed by atoms with Crippen LogP contribution in [0.4, 0.5) is 0 Å². The first-order chi connectivity index (χ1) is 8.66. The Morgan fingerprint density at radius 2 is 2.33 bits per heavy atom. The highest BCUT2D eigenvalue weighted by molar-refractivity contribution is 7.11. The van der Waals surface area contributed by atoms with E-state index in [1.807, 2.05) is 13.8 Å². The minimum Gasteiger partial charge on any atom is -0.379 e. The highest BCUT2D eigenvalue weighted by Crippen LogP contribution is 2.12. The molecule has 100 valence electrons. The predicted molar refractivity (Wildman–Crippen MR) is 71.0 cm³/mol. The minimum atomic E-state index is -0.0178. The average Bonchev–Trinajstić information content (AvgIpc) is 2.76. The summed E-state index contributed by atoms with van der Waals surface area (Å²) in [5, 5.41) is 3.02. The first kappa shape index (κ1) is 13.5. The van der Waals surface area contributed by atoms with Crippen LogP contribution in [0.5, 0.6) is 0 Å². The van der Waals surface area contributed by atoms with E-state index in [1.165, 1.54) is 11.3 Å². The Bertz CT molecular complexity index is 402. The van der Waals surface area contributed by atoms with Gasteiger partial charge in [-0.15, -0.1) is 11.3 Å². The number of ether oxygens (including phenoxy) is 1. The van der Waals surface area contributed by atoms with Crippen molar-refractivity contribution in [3.8, 4) is 0 Å². The smallest absolute Gasteiger partial charge is 0.263 e. The van der Waals surface area contributed by atoms with E-state index in [4.69, 9.17) is 4.74 Å². The Balaban J connectivity index is 1.81. The SMILES string of the molecule is Cc1ncsc1C(=O)N[C@H](C)CN1CCOCC1. The first-order valence-electron chi connectivity index (χ1n) is 6.18. The largest absolute Gasteiger partial charge is 0.379 e. The summed E-state index contributed by atoms with van der Waals surface area (Å²) in [5.41, 5.74) is 2.51. The van der Waals surface area contributed by atoms with Gasteiger partial charge in [-0.05, 0) is 13.8 Å². The molecule has 1 fully saturated rings. The number of nitrogens with one attached hydrogen (secondary N) is 1. The third-order valence-corrected chi connectivity index (χ3v) is 3.89. The molecule has 0 unspecified atom stereocenters. The maximum atomic E-state index is 12.0. The molecule has 0 radical (unpaired) electrons. The van der Waals surface area contributed by atoms with E-state index in [-0.39, 0.29) is 11.9 Å². The number of morpholine rings is 1. The highest BCUT2D eigenvalue weighted by atomic mass is 32.1. The molecule has 18 heavy (non-hydrogen) atoms. The summed E-state index contributed by atoms with van der Waals surface area (Å²) in [6, 6.07) is 0.136. The van der Waals surface area contributed by atoms with Crippen LogP contribution in [0, 0.1) is 6.92 Å². The number of amides is 1. The number of hydrogen-bond donors (Lipinski definition) is 1. The Labute approximate surface area is 111 Å². The zero-order chi connectivity index (χ0) is 13.0. The summed E-state index contributed by atoms with van der Waals surface area (Å²) < 4.78 is 5.30. The lowest BCUT2D eigenvalue weighted by Gasteiger charge is -2.29. The van der Waals surface area contributed by atoms with Crippen LogP contribution in [0.25, 0.3) is 0 Å². The number of nitrogens with zero attached hydrogens (tertiary/aromatic N) is 2. The molecule has 0 spiro atoms. The molecule has 2 rings (SSSR count). The van der Waals surface area contributed by atoms with Crippen LogP contribution in [-0.4, -0.2) is 54.7 Å². The summed E-state index contributed by atoms with van der Waals surface area (Å²) in [5.74, 6) is -0.0178. The average molecular weight is 269 g/mol. The van der Waals surface area contributed by atoms with E-state index in [0.717, 1.165) is 38.5 Å². The molecule has 5 nitrogen and oxygen atoms in total. The first-order valence-corrected chi connectivity index (χ1v) is 7.06. The lowest BCUT2D eigenvalue weighted by atomic mass is 10.2. The minimum absolute atomic E-state index is 0.0178. The van der Waals surface area contributed by atoms with Gasteiger partial charge in [-0.3, -0.25) is 9.69 Å². The van der Waals surface area contributed by atoms with Crippen molar-refractivity contribution in [3.63, 3.8) is 0 Å². The van der Waals surface area contributed by atoms with Gasteiger partial charge in [0.1, 0.15) is 4.88 Å². The molecule has 1 saturated heterocycles. The van der Waals surface area contributed by atoms with E-state index in [2.05, 4.69) is 15.2 Å². The molecule has 1 aromatic rings. The molecule has 1 aliphatic rings. The van der Waals surface area contributed by atoms with Gasteiger partial charge in [-0.2, -0.15) is 0 Å². The van der Waals surface area contributed by atoms with Crippen LogP contribution in [0.3, 0.4) is 0 Å². The third-order valence-electron chi connectivity index (χ3n) is 2.97. The van der Waals surface area contributed by atoms with Crippen LogP contribution < -0.4 is 5.32 Å². The summed E-state index contributed by atoms with van der Waals surface area (Å²) >= 11 is 1.39. The van der Waals surface area contributed by atoms with Crippen molar-refractivity contribution in [2.75, 3.05) is 32.8 Å². The Hall–Kier alpha value is -0.980. The van der Waals surface area contributed by atoms with E-state index < -0.39 is 0 Å². The molecule has 1 aromatic heterocycles. The molecule has 2 heterocycles. The van der Waals surface area contributed by atoms with Gasteiger partial charge < -0.3 is 10.1 Å². The number of aromatic nitrogens is 1. The summed E-state index contributed by atoms with van der Waals surface area (Å²) in [4.78, 5) is 19.1. The number of rotatable bonds is 4. The Kier molecular flexibility index (Phi) is 4.68. The monoisotopic (exact) mass is 269 g/mol. The number of carbonyl (C=O) groups is 1. The summed E-state index contributed by atoms with van der Waals surface area (Å²) in [6.45, 7) is 8.22. The summed E-state index contributed by atoms with van der Waals surface area (Å²) in [6.07, 6.45) is 0. The van der Waals surface area contributed by atoms with Gasteiger partial charge in [0.05, 0.1) is 24.4 Å².